The number of benzene rings is 2. The zero-order chi connectivity index (χ0) is 33.3. The third kappa shape index (κ3) is 31.5. The summed E-state index contributed by atoms with van der Waals surface area (Å²) in [6.07, 6.45) is 0. The summed E-state index contributed by atoms with van der Waals surface area (Å²) >= 11 is 0. The number of hydrogen-bond acceptors (Lipinski definition) is 10. The first-order valence-corrected chi connectivity index (χ1v) is 13.6. The Balaban J connectivity index is -0.000000105. The topological polar surface area (TPSA) is 210 Å². The largest absolute Gasteiger partial charge is 4.00 e. The molecule has 0 spiro atoms. The molecule has 0 aliphatic rings. The van der Waals surface area contributed by atoms with Gasteiger partial charge in [-0.05, 0) is 36.8 Å². The number of hydrogen-bond donors (Lipinski definition) is 0. The smallest absolute Gasteiger partial charge is 0.871 e. The second kappa shape index (κ2) is 41.0. The molecule has 0 unspecified atom stereocenters. The standard InChI is InChI=1S/2C10H9NO.6C2H5O.2Ti/c2*1-7-5-6-8-3-2-4-9(12)10(8)11-7;6*1-2-3;;/h2*2-6,12H,1H3;6*2H2,1H3;;/q;;6*-1;2*+4/p-2. The molecule has 0 aliphatic carbocycles. The van der Waals surface area contributed by atoms with Gasteiger partial charge in [-0.25, -0.2) is 0 Å². The van der Waals surface area contributed by atoms with Crippen molar-refractivity contribution in [3.63, 3.8) is 0 Å². The molecule has 0 amide bonds. The van der Waals surface area contributed by atoms with Gasteiger partial charge in [-0.1, -0.05) is 102 Å². The van der Waals surface area contributed by atoms with E-state index in [1.54, 1.807) is 53.7 Å². The van der Waals surface area contributed by atoms with Crippen LogP contribution in [0.25, 0.3) is 21.8 Å². The third-order valence-electron chi connectivity index (χ3n) is 3.64. The maximum absolute atomic E-state index is 11.3. The number of rotatable bonds is 0. The summed E-state index contributed by atoms with van der Waals surface area (Å²) in [5, 5.41) is 77.9. The fraction of sp³-hybridized carbons (Fsp3) is 0.438. The molecule has 240 valence electrons. The van der Waals surface area contributed by atoms with Gasteiger partial charge in [-0.15, -0.1) is 39.6 Å². The molecular formula is C32H46N2O8Ti2. The van der Waals surface area contributed by atoms with Gasteiger partial charge in [-0.2, -0.15) is 0 Å². The van der Waals surface area contributed by atoms with E-state index in [1.165, 1.54) is 12.1 Å². The van der Waals surface area contributed by atoms with E-state index in [0.717, 1.165) is 22.2 Å². The summed E-state index contributed by atoms with van der Waals surface area (Å²) in [7, 11) is 0. The number of para-hydroxylation sites is 2. The molecule has 0 saturated carbocycles. The number of nitrogens with zero attached hydrogens (tertiary/aromatic N) is 2. The second-order valence-electron chi connectivity index (χ2n) is 7.29. The summed E-state index contributed by atoms with van der Waals surface area (Å²) in [5.74, 6) is -0.00704. The van der Waals surface area contributed by atoms with Crippen LogP contribution in [0.5, 0.6) is 11.5 Å². The van der Waals surface area contributed by atoms with Crippen molar-refractivity contribution in [1.82, 2.24) is 9.97 Å². The molecule has 4 aromatic rings. The fourth-order valence-electron chi connectivity index (χ4n) is 2.43. The maximum Gasteiger partial charge on any atom is 4.00 e. The third-order valence-corrected chi connectivity index (χ3v) is 3.64. The Labute approximate surface area is 293 Å². The average molecular weight is 682 g/mol. The van der Waals surface area contributed by atoms with Gasteiger partial charge in [0.2, 0.25) is 0 Å². The second-order valence-corrected chi connectivity index (χ2v) is 7.29. The molecule has 2 aromatic heterocycles. The van der Waals surface area contributed by atoms with Crippen LogP contribution < -0.4 is 40.9 Å². The minimum atomic E-state index is -0.00352. The van der Waals surface area contributed by atoms with Crippen molar-refractivity contribution in [2.24, 2.45) is 0 Å². The van der Waals surface area contributed by atoms with Gasteiger partial charge in [0.15, 0.2) is 0 Å². The van der Waals surface area contributed by atoms with Crippen molar-refractivity contribution in [1.29, 1.82) is 0 Å². The van der Waals surface area contributed by atoms with Crippen LogP contribution in [0.3, 0.4) is 0 Å². The van der Waals surface area contributed by atoms with E-state index in [9.17, 15) is 10.2 Å². The Bertz CT molecular complexity index is 1040. The molecule has 0 aliphatic heterocycles. The predicted octanol–water partition coefficient (Wildman–Crippen LogP) is -0.572. The molecular weight excluding hydrogens is 636 g/mol. The summed E-state index contributed by atoms with van der Waals surface area (Å²) in [6.45, 7) is 13.2. The Morgan fingerprint density at radius 2 is 0.659 bits per heavy atom. The summed E-state index contributed by atoms with van der Waals surface area (Å²) in [5.41, 5.74) is 2.90. The molecule has 0 radical (unpaired) electrons. The Kier molecular flexibility index (Phi) is 50.9. The van der Waals surface area contributed by atoms with Crippen LogP contribution in [0.15, 0.2) is 60.7 Å². The van der Waals surface area contributed by atoms with Crippen molar-refractivity contribution in [2.45, 2.75) is 55.4 Å². The minimum Gasteiger partial charge on any atom is -0.871 e. The summed E-state index contributed by atoms with van der Waals surface area (Å²) < 4.78 is 0. The van der Waals surface area contributed by atoms with E-state index in [-0.39, 0.29) is 94.6 Å². The Morgan fingerprint density at radius 1 is 0.432 bits per heavy atom. The van der Waals surface area contributed by atoms with Gasteiger partial charge in [0.1, 0.15) is 0 Å². The van der Waals surface area contributed by atoms with E-state index in [2.05, 4.69) is 9.97 Å². The molecule has 12 heteroatoms. The van der Waals surface area contributed by atoms with Gasteiger partial charge in [0.05, 0.1) is 11.0 Å². The van der Waals surface area contributed by atoms with Crippen LogP contribution in [0.1, 0.15) is 52.9 Å². The van der Waals surface area contributed by atoms with Crippen molar-refractivity contribution < 1.29 is 84.3 Å². The zero-order valence-electron chi connectivity index (χ0n) is 27.2. The molecule has 0 saturated heterocycles. The first-order chi connectivity index (χ1) is 20.0. The Hall–Kier alpha value is -1.95. The maximum atomic E-state index is 11.3. The molecule has 44 heavy (non-hydrogen) atoms. The van der Waals surface area contributed by atoms with E-state index in [0.29, 0.717) is 11.0 Å². The molecule has 2 aromatic carbocycles. The van der Waals surface area contributed by atoms with Crippen LogP contribution in [-0.2, 0) is 43.4 Å². The van der Waals surface area contributed by atoms with Gasteiger partial charge in [-0.3, -0.25) is 9.97 Å². The SMILES string of the molecule is CC[O-].CC[O-].CC[O-].CC[O-].CC[O-].CC[O-].Cc1ccc2cccc([O-])c2n1.Cc1ccc2cccc([O-])c2n1.[Ti+4].[Ti+4]. The number of pyridine rings is 2. The molecule has 4 rings (SSSR count). The number of fused-ring (bicyclic) bond motifs is 2. The van der Waals surface area contributed by atoms with E-state index >= 15 is 0 Å². The molecule has 0 atom stereocenters. The number of aromatic nitrogens is 2. The first-order valence-electron chi connectivity index (χ1n) is 13.6. The molecule has 0 N–H and O–H groups in total. The Morgan fingerprint density at radius 3 is 0.886 bits per heavy atom. The van der Waals surface area contributed by atoms with E-state index in [4.69, 9.17) is 30.6 Å². The van der Waals surface area contributed by atoms with Crippen LogP contribution in [0, 0.1) is 13.8 Å². The molecule has 10 nitrogen and oxygen atoms in total. The normalized spacial score (nSPS) is 8.14. The van der Waals surface area contributed by atoms with E-state index in [1.807, 2.05) is 50.2 Å². The van der Waals surface area contributed by atoms with Crippen LogP contribution >= 0.6 is 0 Å². The quantitative estimate of drug-likeness (QED) is 0.216. The van der Waals surface area contributed by atoms with Crippen LogP contribution in [0.2, 0.25) is 0 Å². The van der Waals surface area contributed by atoms with Gasteiger partial charge in [0.25, 0.3) is 0 Å². The van der Waals surface area contributed by atoms with Crippen molar-refractivity contribution in [2.75, 3.05) is 39.6 Å². The van der Waals surface area contributed by atoms with Crippen LogP contribution in [0.4, 0.5) is 0 Å². The molecule has 0 bridgehead atoms. The first kappa shape index (κ1) is 54.5. The monoisotopic (exact) mass is 682 g/mol. The van der Waals surface area contributed by atoms with Gasteiger partial charge in [0, 0.05) is 11.4 Å². The predicted molar refractivity (Wildman–Crippen MR) is 155 cm³/mol. The van der Waals surface area contributed by atoms with Gasteiger partial charge < -0.3 is 40.9 Å². The minimum absolute atomic E-state index is 0. The zero-order valence-corrected chi connectivity index (χ0v) is 30.3. The molecule has 0 fully saturated rings. The van der Waals surface area contributed by atoms with Gasteiger partial charge >= 0.3 is 43.4 Å². The van der Waals surface area contributed by atoms with Crippen molar-refractivity contribution >= 4 is 21.8 Å². The van der Waals surface area contributed by atoms with Crippen molar-refractivity contribution in [3.05, 3.63) is 72.1 Å². The van der Waals surface area contributed by atoms with E-state index < -0.39 is 0 Å². The van der Waals surface area contributed by atoms with Crippen LogP contribution in [-0.4, -0.2) is 49.6 Å². The number of aryl methyl sites for hydroxylation is 2. The fourth-order valence-corrected chi connectivity index (χ4v) is 2.43. The average Bonchev–Trinajstić information content (AvgIpc) is 2.93. The summed E-state index contributed by atoms with van der Waals surface area (Å²) in [4.78, 5) is 8.33. The summed E-state index contributed by atoms with van der Waals surface area (Å²) in [6, 6.07) is 18.0. The molecule has 2 heterocycles. The van der Waals surface area contributed by atoms with Crippen molar-refractivity contribution in [3.8, 4) is 11.5 Å².